The summed E-state index contributed by atoms with van der Waals surface area (Å²) in [7, 11) is 0. The number of nitro groups is 2. The van der Waals surface area contributed by atoms with Crippen molar-refractivity contribution in [2.75, 3.05) is 26.2 Å². The van der Waals surface area contributed by atoms with Crippen molar-refractivity contribution < 1.29 is 29.6 Å². The van der Waals surface area contributed by atoms with Crippen LogP contribution in [0.15, 0.2) is 155 Å². The van der Waals surface area contributed by atoms with Crippen LogP contribution in [0, 0.1) is 20.2 Å². The molecule has 9 rings (SSSR count). The van der Waals surface area contributed by atoms with E-state index in [1.165, 1.54) is 106 Å². The molecule has 0 radical (unpaired) electrons. The molecule has 0 amide bonds. The summed E-state index contributed by atoms with van der Waals surface area (Å²) in [5.74, 6) is -1.55. The number of fused-ring (bicyclic) bond motifs is 2. The van der Waals surface area contributed by atoms with Crippen LogP contribution in [0.3, 0.4) is 0 Å². The van der Waals surface area contributed by atoms with E-state index < -0.39 is 21.8 Å². The minimum Gasteiger partial charge on any atom is -0.478 e. The first-order chi connectivity index (χ1) is 30.9. The van der Waals surface area contributed by atoms with Gasteiger partial charge in [0, 0.05) is 61.6 Å². The lowest BCUT2D eigenvalue weighted by Gasteiger charge is -2.14. The number of nitrogens with zero attached hydrogens (tertiary/aromatic N) is 6. The van der Waals surface area contributed by atoms with Gasteiger partial charge in [-0.1, -0.05) is 24.3 Å². The number of aromatic carboxylic acids is 2. The van der Waals surface area contributed by atoms with Gasteiger partial charge in [0.25, 0.3) is 22.5 Å². The Balaban J connectivity index is 0.000000169. The largest absolute Gasteiger partial charge is 0.478 e. The highest BCUT2D eigenvalue weighted by atomic mass is 16.6. The van der Waals surface area contributed by atoms with Crippen molar-refractivity contribution in [3.8, 4) is 34.2 Å². The van der Waals surface area contributed by atoms with Crippen LogP contribution in [0.25, 0.3) is 56.0 Å². The third-order valence-electron chi connectivity index (χ3n) is 9.93. The van der Waals surface area contributed by atoms with Gasteiger partial charge >= 0.3 is 11.9 Å². The summed E-state index contributed by atoms with van der Waals surface area (Å²) in [6, 6.07) is 36.9. The maximum absolute atomic E-state index is 13.2. The normalized spacial score (nSPS) is 12.0. The van der Waals surface area contributed by atoms with Crippen molar-refractivity contribution >= 4 is 45.1 Å². The van der Waals surface area contributed by atoms with Crippen molar-refractivity contribution in [1.82, 2.24) is 29.7 Å². The van der Waals surface area contributed by atoms with Crippen LogP contribution in [-0.4, -0.2) is 77.3 Å². The summed E-state index contributed by atoms with van der Waals surface area (Å²) < 4.78 is 2.74. The molecule has 1 saturated heterocycles. The molecule has 18 heteroatoms. The SMILES string of the molecule is C1CNCCN1.O=C(O)c1ccc(-n2c(-c3ccc([N+](=O)[O-])cc3)nc3ccccc3c2=O)cc1.O=C(O)c1ccc(-n2c(-c3ccc([N+](=O)[O-])cc3)nc3ccccc3c2=O)cc1. The van der Waals surface area contributed by atoms with E-state index in [9.17, 15) is 39.4 Å². The molecule has 0 atom stereocenters. The van der Waals surface area contributed by atoms with Gasteiger partial charge in [0.15, 0.2) is 0 Å². The molecule has 64 heavy (non-hydrogen) atoms. The van der Waals surface area contributed by atoms with E-state index in [2.05, 4.69) is 20.6 Å². The van der Waals surface area contributed by atoms with Gasteiger partial charge < -0.3 is 20.8 Å². The molecular weight excluding hydrogens is 825 g/mol. The molecule has 6 aromatic carbocycles. The lowest BCUT2D eigenvalue weighted by Crippen LogP contribution is -2.39. The monoisotopic (exact) mass is 860 g/mol. The zero-order valence-electron chi connectivity index (χ0n) is 33.5. The number of nitrogens with one attached hydrogen (secondary N) is 2. The molecule has 8 aromatic rings. The Morgan fingerprint density at radius 2 is 0.828 bits per heavy atom. The van der Waals surface area contributed by atoms with Gasteiger partial charge in [-0.25, -0.2) is 19.6 Å². The molecule has 18 nitrogen and oxygen atoms in total. The van der Waals surface area contributed by atoms with E-state index >= 15 is 0 Å². The smallest absolute Gasteiger partial charge is 0.335 e. The zero-order valence-corrected chi connectivity index (χ0v) is 33.5. The molecule has 1 aliphatic heterocycles. The number of carboxylic acids is 2. The Morgan fingerprint density at radius 3 is 1.12 bits per heavy atom. The fraction of sp³-hybridized carbons (Fsp3) is 0.0870. The minimum absolute atomic E-state index is 0.0748. The van der Waals surface area contributed by atoms with Gasteiger partial charge in [0.2, 0.25) is 0 Å². The van der Waals surface area contributed by atoms with Crippen LogP contribution in [0.2, 0.25) is 0 Å². The fourth-order valence-electron chi connectivity index (χ4n) is 6.71. The molecular formula is C46H36N8O10. The summed E-state index contributed by atoms with van der Waals surface area (Å²) >= 11 is 0. The third kappa shape index (κ3) is 9.57. The number of hydrogen-bond acceptors (Lipinski definition) is 12. The maximum atomic E-state index is 13.2. The Bertz CT molecular complexity index is 2930. The summed E-state index contributed by atoms with van der Waals surface area (Å²) in [4.78, 5) is 78.7. The topological polar surface area (TPSA) is 255 Å². The molecule has 0 saturated carbocycles. The second-order valence-electron chi connectivity index (χ2n) is 14.0. The van der Waals surface area contributed by atoms with E-state index in [-0.39, 0.29) is 33.6 Å². The Hall–Kier alpha value is -8.74. The summed E-state index contributed by atoms with van der Waals surface area (Å²) in [6.45, 7) is 4.56. The van der Waals surface area contributed by atoms with Crippen molar-refractivity contribution in [3.63, 3.8) is 0 Å². The number of rotatable bonds is 8. The van der Waals surface area contributed by atoms with Crippen LogP contribution in [0.1, 0.15) is 20.7 Å². The third-order valence-corrected chi connectivity index (χ3v) is 9.93. The van der Waals surface area contributed by atoms with Gasteiger partial charge in [-0.2, -0.15) is 0 Å². The number of carbonyl (C=O) groups is 2. The Labute approximate surface area is 361 Å². The van der Waals surface area contributed by atoms with Gasteiger partial charge in [-0.3, -0.25) is 39.0 Å². The zero-order chi connectivity index (χ0) is 45.3. The van der Waals surface area contributed by atoms with Gasteiger partial charge in [-0.15, -0.1) is 0 Å². The molecule has 3 heterocycles. The van der Waals surface area contributed by atoms with Crippen LogP contribution >= 0.6 is 0 Å². The second-order valence-corrected chi connectivity index (χ2v) is 14.0. The van der Waals surface area contributed by atoms with E-state index in [1.807, 2.05) is 0 Å². The van der Waals surface area contributed by atoms with Gasteiger partial charge in [-0.05, 0) is 97.1 Å². The Morgan fingerprint density at radius 1 is 0.500 bits per heavy atom. The molecule has 1 fully saturated rings. The quantitative estimate of drug-likeness (QED) is 0.0940. The van der Waals surface area contributed by atoms with Crippen LogP contribution in [0.5, 0.6) is 0 Å². The average molecular weight is 861 g/mol. The number of para-hydroxylation sites is 2. The van der Waals surface area contributed by atoms with E-state index in [4.69, 9.17) is 10.2 Å². The van der Waals surface area contributed by atoms with Crippen molar-refractivity contribution in [1.29, 1.82) is 0 Å². The number of non-ortho nitro benzene ring substituents is 2. The molecule has 0 aliphatic carbocycles. The second kappa shape index (κ2) is 19.3. The number of piperazine rings is 1. The first-order valence-corrected chi connectivity index (χ1v) is 19.5. The molecule has 0 spiro atoms. The highest BCUT2D eigenvalue weighted by Gasteiger charge is 2.18. The summed E-state index contributed by atoms with van der Waals surface area (Å²) in [6.07, 6.45) is 0. The molecule has 320 valence electrons. The standard InChI is InChI=1S/2C21H13N3O5.C4H10N2/c2*25-20-17-3-1-2-4-18(17)22-19(13-5-11-16(12-6-13)24(28)29)23(20)15-9-7-14(8-10-15)21(26)27;1-2-6-4-3-5-1/h2*1-12H,(H,26,27);5-6H,1-4H2. The highest BCUT2D eigenvalue weighted by Crippen LogP contribution is 2.26. The van der Waals surface area contributed by atoms with Crippen molar-refractivity contribution in [3.05, 3.63) is 198 Å². The minimum atomic E-state index is -1.07. The van der Waals surface area contributed by atoms with Gasteiger partial charge in [0.1, 0.15) is 11.6 Å². The maximum Gasteiger partial charge on any atom is 0.335 e. The number of benzene rings is 6. The van der Waals surface area contributed by atoms with Gasteiger partial charge in [0.05, 0.1) is 54.2 Å². The first kappa shape index (κ1) is 43.4. The number of nitro benzene ring substituents is 2. The fourth-order valence-corrected chi connectivity index (χ4v) is 6.71. The number of aromatic nitrogens is 4. The molecule has 0 unspecified atom stereocenters. The number of hydrogen-bond donors (Lipinski definition) is 4. The molecule has 0 bridgehead atoms. The molecule has 1 aliphatic rings. The first-order valence-electron chi connectivity index (χ1n) is 19.5. The van der Waals surface area contributed by atoms with Crippen molar-refractivity contribution in [2.45, 2.75) is 0 Å². The highest BCUT2D eigenvalue weighted by molar-refractivity contribution is 5.89. The Kier molecular flexibility index (Phi) is 13.1. The average Bonchev–Trinajstić information content (AvgIpc) is 3.32. The van der Waals surface area contributed by atoms with Crippen LogP contribution in [-0.2, 0) is 0 Å². The summed E-state index contributed by atoms with van der Waals surface area (Å²) in [5.41, 5.74) is 2.26. The number of carboxylic acid groups (broad SMARTS) is 2. The summed E-state index contributed by atoms with van der Waals surface area (Å²) in [5, 5.41) is 47.3. The van der Waals surface area contributed by atoms with E-state index in [0.717, 1.165) is 26.2 Å². The molecule has 4 N–H and O–H groups in total. The lowest BCUT2D eigenvalue weighted by atomic mass is 10.1. The van der Waals surface area contributed by atoms with Crippen molar-refractivity contribution in [2.24, 2.45) is 0 Å². The van der Waals surface area contributed by atoms with Crippen LogP contribution in [0.4, 0.5) is 11.4 Å². The molecule has 2 aromatic heterocycles. The van der Waals surface area contributed by atoms with E-state index in [0.29, 0.717) is 56.0 Å². The predicted octanol–water partition coefficient (Wildman–Crippen LogP) is 6.50. The lowest BCUT2D eigenvalue weighted by molar-refractivity contribution is -0.385. The van der Waals surface area contributed by atoms with Crippen LogP contribution < -0.4 is 21.8 Å². The predicted molar refractivity (Wildman–Crippen MR) is 239 cm³/mol. The van der Waals surface area contributed by atoms with E-state index in [1.54, 1.807) is 48.5 Å².